The van der Waals surface area contributed by atoms with Crippen molar-refractivity contribution in [2.45, 2.75) is 12.8 Å². The summed E-state index contributed by atoms with van der Waals surface area (Å²) in [4.78, 5) is 14.2. The number of aliphatic imine (C=N–C) groups is 1. The molecule has 1 N–H and O–H groups in total. The molecule has 0 bridgehead atoms. The molecule has 1 aromatic carbocycles. The third-order valence-corrected chi connectivity index (χ3v) is 6.05. The monoisotopic (exact) mass is 534 g/mol. The molecule has 3 rings (SSSR count). The molecular weight excluding hydrogens is 499 g/mol. The number of nitrogens with zero attached hydrogens (tertiary/aromatic N) is 5. The van der Waals surface area contributed by atoms with E-state index in [1.165, 1.54) is 32.6 Å². The minimum Gasteiger partial charge on any atom is -0.367 e. The van der Waals surface area contributed by atoms with Crippen LogP contribution in [0.25, 0.3) is 0 Å². The first kappa shape index (κ1) is 24.5. The van der Waals surface area contributed by atoms with Gasteiger partial charge in [-0.25, -0.2) is 0 Å². The minimum absolute atomic E-state index is 0. The number of hydrogen-bond acceptors (Lipinski definition) is 4. The summed E-state index contributed by atoms with van der Waals surface area (Å²) in [6.07, 6.45) is 2.43. The normalized spacial score (nSPS) is 19.6. The van der Waals surface area contributed by atoms with Crippen molar-refractivity contribution in [3.05, 3.63) is 29.3 Å². The predicted octanol–water partition coefficient (Wildman–Crippen LogP) is 2.68. The summed E-state index contributed by atoms with van der Waals surface area (Å²) in [6, 6.07) is 8.10. The van der Waals surface area contributed by atoms with Crippen molar-refractivity contribution in [1.29, 1.82) is 0 Å². The highest BCUT2D eigenvalue weighted by molar-refractivity contribution is 14.0. The summed E-state index contributed by atoms with van der Waals surface area (Å²) in [5.74, 6) is 1.02. The van der Waals surface area contributed by atoms with Crippen molar-refractivity contribution in [3.63, 3.8) is 0 Å². The number of halogens is 2. The second-order valence-electron chi connectivity index (χ2n) is 7.75. The van der Waals surface area contributed by atoms with Gasteiger partial charge in [0.25, 0.3) is 0 Å². The molecule has 2 heterocycles. The number of nitrogens with one attached hydrogen (secondary N) is 1. The summed E-state index contributed by atoms with van der Waals surface area (Å²) >= 11 is 6.35. The largest absolute Gasteiger partial charge is 0.367 e. The lowest BCUT2D eigenvalue weighted by molar-refractivity contribution is 0.273. The zero-order valence-electron chi connectivity index (χ0n) is 17.8. The van der Waals surface area contributed by atoms with Crippen LogP contribution in [-0.4, -0.2) is 100 Å². The van der Waals surface area contributed by atoms with Crippen molar-refractivity contribution in [1.82, 2.24) is 20.0 Å². The van der Waals surface area contributed by atoms with Gasteiger partial charge in [0.15, 0.2) is 5.96 Å². The van der Waals surface area contributed by atoms with E-state index in [9.17, 15) is 0 Å². The maximum atomic E-state index is 6.35. The minimum atomic E-state index is 0. The molecule has 0 saturated carbocycles. The Morgan fingerprint density at radius 2 is 1.79 bits per heavy atom. The molecule has 0 spiro atoms. The molecule has 164 valence electrons. The fourth-order valence-corrected chi connectivity index (χ4v) is 4.28. The summed E-state index contributed by atoms with van der Waals surface area (Å²) in [5, 5.41) is 4.39. The van der Waals surface area contributed by atoms with Crippen LogP contribution in [0.4, 0.5) is 5.69 Å². The highest BCUT2D eigenvalue weighted by Crippen LogP contribution is 2.25. The highest BCUT2D eigenvalue weighted by Gasteiger charge is 2.21. The number of rotatable bonds is 5. The quantitative estimate of drug-likeness (QED) is 0.272. The van der Waals surface area contributed by atoms with Crippen LogP contribution in [0.3, 0.4) is 0 Å². The Labute approximate surface area is 198 Å². The average molecular weight is 535 g/mol. The zero-order valence-corrected chi connectivity index (χ0v) is 20.9. The maximum absolute atomic E-state index is 6.35. The number of anilines is 1. The van der Waals surface area contributed by atoms with E-state index in [0.29, 0.717) is 0 Å². The zero-order chi connectivity index (χ0) is 19.8. The van der Waals surface area contributed by atoms with Crippen molar-refractivity contribution < 1.29 is 0 Å². The molecule has 6 nitrogen and oxygen atoms in total. The van der Waals surface area contributed by atoms with Crippen LogP contribution >= 0.6 is 35.6 Å². The Hall–Kier alpha value is -0.770. The van der Waals surface area contributed by atoms with Crippen LogP contribution in [0.15, 0.2) is 29.3 Å². The molecule has 0 amide bonds. The van der Waals surface area contributed by atoms with Gasteiger partial charge in [-0.15, -0.1) is 24.0 Å². The van der Waals surface area contributed by atoms with Crippen molar-refractivity contribution in [3.8, 4) is 0 Å². The first-order chi connectivity index (χ1) is 13.7. The molecular formula is C21H36ClIN6. The molecule has 0 unspecified atom stereocenters. The van der Waals surface area contributed by atoms with Gasteiger partial charge in [-0.1, -0.05) is 23.7 Å². The van der Waals surface area contributed by atoms with Gasteiger partial charge in [0, 0.05) is 52.9 Å². The molecule has 2 fully saturated rings. The second-order valence-corrected chi connectivity index (χ2v) is 8.16. The van der Waals surface area contributed by atoms with E-state index in [2.05, 4.69) is 49.1 Å². The molecule has 1 aromatic rings. The predicted molar refractivity (Wildman–Crippen MR) is 135 cm³/mol. The van der Waals surface area contributed by atoms with Gasteiger partial charge in [-0.05, 0) is 51.7 Å². The van der Waals surface area contributed by atoms with Crippen LogP contribution in [0.2, 0.25) is 5.02 Å². The van der Waals surface area contributed by atoms with Gasteiger partial charge in [0.1, 0.15) is 0 Å². The van der Waals surface area contributed by atoms with Gasteiger partial charge < -0.3 is 24.9 Å². The van der Waals surface area contributed by atoms with Gasteiger partial charge in [0.2, 0.25) is 0 Å². The fraction of sp³-hybridized carbons (Fsp3) is 0.667. The summed E-state index contributed by atoms with van der Waals surface area (Å²) < 4.78 is 0. The van der Waals surface area contributed by atoms with Crippen molar-refractivity contribution in [2.75, 3.05) is 84.4 Å². The van der Waals surface area contributed by atoms with Crippen molar-refractivity contribution >= 4 is 47.2 Å². The topological polar surface area (TPSA) is 37.4 Å². The summed E-state index contributed by atoms with van der Waals surface area (Å²) in [7, 11) is 4.11. The molecule has 0 aromatic heterocycles. The van der Waals surface area contributed by atoms with Gasteiger partial charge in [-0.2, -0.15) is 0 Å². The third kappa shape index (κ3) is 7.45. The van der Waals surface area contributed by atoms with E-state index >= 15 is 0 Å². The van der Waals surface area contributed by atoms with E-state index in [1.807, 2.05) is 19.2 Å². The van der Waals surface area contributed by atoms with Crippen LogP contribution in [0, 0.1) is 0 Å². The fourth-order valence-electron chi connectivity index (χ4n) is 4.03. The Balaban J connectivity index is 0.00000300. The molecule has 0 radical (unpaired) electrons. The number of guanidine groups is 1. The molecule has 29 heavy (non-hydrogen) atoms. The first-order valence-corrected chi connectivity index (χ1v) is 10.9. The SMILES string of the molecule is CN=C(NCCCN1CCCN(C)CC1)N1CCN(c2ccccc2Cl)CC1.I. The third-order valence-electron chi connectivity index (χ3n) is 5.73. The smallest absolute Gasteiger partial charge is 0.193 e. The maximum Gasteiger partial charge on any atom is 0.193 e. The van der Waals surface area contributed by atoms with E-state index < -0.39 is 0 Å². The lowest BCUT2D eigenvalue weighted by atomic mass is 10.2. The second kappa shape index (κ2) is 12.8. The first-order valence-electron chi connectivity index (χ1n) is 10.5. The molecule has 0 aliphatic carbocycles. The lowest BCUT2D eigenvalue weighted by Crippen LogP contribution is -2.52. The van der Waals surface area contributed by atoms with Gasteiger partial charge in [0.05, 0.1) is 10.7 Å². The molecule has 2 aliphatic heterocycles. The summed E-state index contributed by atoms with van der Waals surface area (Å²) in [5.41, 5.74) is 1.13. The number of para-hydroxylation sites is 1. The van der Waals surface area contributed by atoms with Crippen LogP contribution in [0.1, 0.15) is 12.8 Å². The van der Waals surface area contributed by atoms with Crippen molar-refractivity contribution in [2.24, 2.45) is 4.99 Å². The summed E-state index contributed by atoms with van der Waals surface area (Å²) in [6.45, 7) is 10.8. The standard InChI is InChI=1S/C21H35ClN6.HI/c1-23-21(24-9-5-11-26-12-6-10-25(2)13-14-26)28-17-15-27(16-18-28)20-8-4-3-7-19(20)22;/h3-4,7-8H,5-6,9-18H2,1-2H3,(H,23,24);1H. The Morgan fingerprint density at radius 1 is 1.03 bits per heavy atom. The van der Waals surface area contributed by atoms with E-state index in [-0.39, 0.29) is 24.0 Å². The molecule has 2 saturated heterocycles. The van der Waals surface area contributed by atoms with E-state index in [0.717, 1.165) is 62.4 Å². The number of benzene rings is 1. The Kier molecular flexibility index (Phi) is 10.8. The Bertz CT molecular complexity index is 635. The number of likely N-dealkylation sites (N-methyl/N-ethyl adjacent to an activating group) is 1. The lowest BCUT2D eigenvalue weighted by Gasteiger charge is -2.38. The molecule has 8 heteroatoms. The average Bonchev–Trinajstić information content (AvgIpc) is 2.93. The van der Waals surface area contributed by atoms with Crippen LogP contribution < -0.4 is 10.2 Å². The highest BCUT2D eigenvalue weighted by atomic mass is 127. The number of hydrogen-bond donors (Lipinski definition) is 1. The van der Waals surface area contributed by atoms with E-state index in [4.69, 9.17) is 11.6 Å². The number of piperazine rings is 1. The molecule has 0 atom stereocenters. The van der Waals surface area contributed by atoms with Gasteiger partial charge in [-0.3, -0.25) is 4.99 Å². The Morgan fingerprint density at radius 3 is 2.52 bits per heavy atom. The van der Waals surface area contributed by atoms with E-state index in [1.54, 1.807) is 0 Å². The van der Waals surface area contributed by atoms with Gasteiger partial charge >= 0.3 is 0 Å². The van der Waals surface area contributed by atoms with Crippen LogP contribution in [-0.2, 0) is 0 Å². The molecule has 2 aliphatic rings. The van der Waals surface area contributed by atoms with Crippen LogP contribution in [0.5, 0.6) is 0 Å².